The maximum absolute atomic E-state index is 5.94. The number of hydrogen-bond acceptors (Lipinski definition) is 3. The van der Waals surface area contributed by atoms with E-state index in [0.717, 1.165) is 6.61 Å². The van der Waals surface area contributed by atoms with Gasteiger partial charge in [-0.15, -0.1) is 0 Å². The summed E-state index contributed by atoms with van der Waals surface area (Å²) in [5.74, 6) is 1.33. The van der Waals surface area contributed by atoms with Gasteiger partial charge in [-0.05, 0) is 24.8 Å². The molecule has 0 unspecified atom stereocenters. The number of anilines is 2. The normalized spacial score (nSPS) is 15.5. The van der Waals surface area contributed by atoms with Gasteiger partial charge in [-0.1, -0.05) is 11.6 Å². The van der Waals surface area contributed by atoms with Crippen LogP contribution in [0.25, 0.3) is 0 Å². The van der Waals surface area contributed by atoms with Crippen LogP contribution in [0, 0.1) is 5.92 Å². The fourth-order valence-corrected chi connectivity index (χ4v) is 1.41. The molecule has 0 heterocycles. The topological polar surface area (TPSA) is 61.3 Å². The second kappa shape index (κ2) is 3.58. The number of ether oxygens (including phenoxy) is 1. The molecule has 4 heteroatoms. The zero-order valence-corrected chi connectivity index (χ0v) is 8.55. The fourth-order valence-electron chi connectivity index (χ4n) is 1.19. The number of halogens is 1. The summed E-state index contributed by atoms with van der Waals surface area (Å²) in [6.45, 7) is 0.725. The Labute approximate surface area is 88.0 Å². The first-order valence-corrected chi connectivity index (χ1v) is 5.02. The minimum atomic E-state index is 0.494. The van der Waals surface area contributed by atoms with Crippen LogP contribution in [0.4, 0.5) is 11.4 Å². The third kappa shape index (κ3) is 2.04. The molecule has 0 bridgehead atoms. The van der Waals surface area contributed by atoms with Crippen molar-refractivity contribution in [3.63, 3.8) is 0 Å². The summed E-state index contributed by atoms with van der Waals surface area (Å²) < 4.78 is 5.53. The molecular formula is C10H13ClN2O. The van der Waals surface area contributed by atoms with Crippen molar-refractivity contribution in [3.05, 3.63) is 17.2 Å². The zero-order valence-electron chi connectivity index (χ0n) is 7.79. The largest absolute Gasteiger partial charge is 0.492 e. The molecule has 1 aliphatic rings. The first-order chi connectivity index (χ1) is 6.66. The van der Waals surface area contributed by atoms with E-state index in [9.17, 15) is 0 Å². The van der Waals surface area contributed by atoms with Gasteiger partial charge < -0.3 is 16.2 Å². The summed E-state index contributed by atoms with van der Waals surface area (Å²) in [4.78, 5) is 0. The molecule has 1 aromatic carbocycles. The van der Waals surface area contributed by atoms with Crippen molar-refractivity contribution in [2.45, 2.75) is 12.8 Å². The second-order valence-corrected chi connectivity index (χ2v) is 4.07. The molecule has 4 N–H and O–H groups in total. The number of benzene rings is 1. The molecular weight excluding hydrogens is 200 g/mol. The lowest BCUT2D eigenvalue weighted by Gasteiger charge is -2.09. The lowest BCUT2D eigenvalue weighted by molar-refractivity contribution is 0.300. The van der Waals surface area contributed by atoms with Gasteiger partial charge in [0.25, 0.3) is 0 Å². The first kappa shape index (κ1) is 9.46. The van der Waals surface area contributed by atoms with E-state index in [1.165, 1.54) is 12.8 Å². The highest BCUT2D eigenvalue weighted by Crippen LogP contribution is 2.34. The van der Waals surface area contributed by atoms with Crippen molar-refractivity contribution in [2.24, 2.45) is 5.92 Å². The molecule has 1 saturated carbocycles. The predicted octanol–water partition coefficient (Wildman–Crippen LogP) is 2.29. The summed E-state index contributed by atoms with van der Waals surface area (Å²) in [5.41, 5.74) is 12.2. The van der Waals surface area contributed by atoms with Crippen molar-refractivity contribution >= 4 is 23.0 Å². The summed E-state index contributed by atoms with van der Waals surface area (Å²) in [6.07, 6.45) is 2.50. The van der Waals surface area contributed by atoms with Crippen LogP contribution < -0.4 is 16.2 Å². The highest BCUT2D eigenvalue weighted by molar-refractivity contribution is 6.32. The van der Waals surface area contributed by atoms with Crippen LogP contribution in [0.2, 0.25) is 5.02 Å². The Bertz CT molecular complexity index is 350. The molecule has 3 nitrogen and oxygen atoms in total. The van der Waals surface area contributed by atoms with Crippen LogP contribution in [0.3, 0.4) is 0 Å². The molecule has 0 aromatic heterocycles. The van der Waals surface area contributed by atoms with E-state index in [4.69, 9.17) is 27.8 Å². The molecule has 0 saturated heterocycles. The highest BCUT2D eigenvalue weighted by Gasteiger charge is 2.22. The average Bonchev–Trinajstić information content (AvgIpc) is 2.92. The zero-order chi connectivity index (χ0) is 10.1. The van der Waals surface area contributed by atoms with Gasteiger partial charge in [-0.25, -0.2) is 0 Å². The number of nitrogens with two attached hydrogens (primary N) is 2. The van der Waals surface area contributed by atoms with Gasteiger partial charge in [0.2, 0.25) is 0 Å². The molecule has 0 amide bonds. The minimum Gasteiger partial charge on any atom is -0.492 e. The molecule has 0 atom stereocenters. The maximum Gasteiger partial charge on any atom is 0.140 e. The van der Waals surface area contributed by atoms with Crippen molar-refractivity contribution < 1.29 is 4.74 Å². The number of hydrogen-bond donors (Lipinski definition) is 2. The third-order valence-corrected chi connectivity index (χ3v) is 2.60. The Morgan fingerprint density at radius 1 is 1.29 bits per heavy atom. The van der Waals surface area contributed by atoms with Crippen LogP contribution >= 0.6 is 11.6 Å². The molecule has 0 spiro atoms. The van der Waals surface area contributed by atoms with Crippen molar-refractivity contribution in [1.29, 1.82) is 0 Å². The first-order valence-electron chi connectivity index (χ1n) is 4.64. The van der Waals surface area contributed by atoms with Crippen molar-refractivity contribution in [3.8, 4) is 5.75 Å². The maximum atomic E-state index is 5.94. The molecule has 0 aliphatic heterocycles. The Balaban J connectivity index is 2.10. The SMILES string of the molecule is Nc1cc(Cl)c(OCC2CC2)cc1N. The Kier molecular flexibility index (Phi) is 2.42. The fraction of sp³-hybridized carbons (Fsp3) is 0.400. The molecule has 1 fully saturated rings. The van der Waals surface area contributed by atoms with E-state index >= 15 is 0 Å². The summed E-state index contributed by atoms with van der Waals surface area (Å²) in [6, 6.07) is 3.30. The predicted molar refractivity (Wildman–Crippen MR) is 58.5 cm³/mol. The van der Waals surface area contributed by atoms with Crippen molar-refractivity contribution in [1.82, 2.24) is 0 Å². The van der Waals surface area contributed by atoms with Gasteiger partial charge in [0.1, 0.15) is 5.75 Å². The van der Waals surface area contributed by atoms with E-state index < -0.39 is 0 Å². The van der Waals surface area contributed by atoms with Crippen LogP contribution in [0.15, 0.2) is 12.1 Å². The van der Waals surface area contributed by atoms with Gasteiger partial charge in [0, 0.05) is 6.07 Å². The standard InChI is InChI=1S/C10H13ClN2O/c11-7-3-8(12)9(13)4-10(7)14-5-6-1-2-6/h3-4,6H,1-2,5,12-13H2. The molecule has 1 aromatic rings. The summed E-state index contributed by atoms with van der Waals surface area (Å²) in [7, 11) is 0. The Hall–Kier alpha value is -1.09. The lowest BCUT2D eigenvalue weighted by atomic mass is 10.2. The van der Waals surface area contributed by atoms with Crippen molar-refractivity contribution in [2.75, 3.05) is 18.1 Å². The molecule has 76 valence electrons. The molecule has 0 radical (unpaired) electrons. The van der Waals surface area contributed by atoms with Gasteiger partial charge in [-0.2, -0.15) is 0 Å². The molecule has 2 rings (SSSR count). The third-order valence-electron chi connectivity index (χ3n) is 2.31. The quantitative estimate of drug-likeness (QED) is 0.756. The Morgan fingerprint density at radius 3 is 2.57 bits per heavy atom. The summed E-state index contributed by atoms with van der Waals surface area (Å²) >= 11 is 5.94. The average molecular weight is 213 g/mol. The number of rotatable bonds is 3. The van der Waals surface area contributed by atoms with Crippen LogP contribution in [-0.4, -0.2) is 6.61 Å². The van der Waals surface area contributed by atoms with Gasteiger partial charge in [-0.3, -0.25) is 0 Å². The van der Waals surface area contributed by atoms with Gasteiger partial charge in [0.15, 0.2) is 0 Å². The Morgan fingerprint density at radius 2 is 1.93 bits per heavy atom. The minimum absolute atomic E-state index is 0.494. The highest BCUT2D eigenvalue weighted by atomic mass is 35.5. The smallest absolute Gasteiger partial charge is 0.140 e. The van der Waals surface area contributed by atoms with E-state index in [1.807, 2.05) is 0 Å². The monoisotopic (exact) mass is 212 g/mol. The second-order valence-electron chi connectivity index (χ2n) is 3.67. The summed E-state index contributed by atoms with van der Waals surface area (Å²) in [5, 5.41) is 0.525. The van der Waals surface area contributed by atoms with Gasteiger partial charge in [0.05, 0.1) is 23.0 Å². The van der Waals surface area contributed by atoms with E-state index in [0.29, 0.717) is 28.1 Å². The van der Waals surface area contributed by atoms with E-state index in [-0.39, 0.29) is 0 Å². The van der Waals surface area contributed by atoms with Gasteiger partial charge >= 0.3 is 0 Å². The van der Waals surface area contributed by atoms with Crippen LogP contribution in [-0.2, 0) is 0 Å². The molecule has 14 heavy (non-hydrogen) atoms. The van der Waals surface area contributed by atoms with E-state index in [1.54, 1.807) is 12.1 Å². The van der Waals surface area contributed by atoms with Crippen LogP contribution in [0.5, 0.6) is 5.75 Å². The molecule has 1 aliphatic carbocycles. The number of nitrogen functional groups attached to an aromatic ring is 2. The lowest BCUT2D eigenvalue weighted by Crippen LogP contribution is -2.01. The van der Waals surface area contributed by atoms with E-state index in [2.05, 4.69) is 0 Å². The van der Waals surface area contributed by atoms with Crippen LogP contribution in [0.1, 0.15) is 12.8 Å².